The van der Waals surface area contributed by atoms with Crippen LogP contribution in [-0.2, 0) is 4.79 Å². The van der Waals surface area contributed by atoms with E-state index >= 15 is 0 Å². The van der Waals surface area contributed by atoms with Gasteiger partial charge in [-0.3, -0.25) is 4.79 Å². The molecule has 0 saturated carbocycles. The van der Waals surface area contributed by atoms with Crippen molar-refractivity contribution in [2.45, 2.75) is 39.0 Å². The summed E-state index contributed by atoms with van der Waals surface area (Å²) in [7, 11) is 0. The second-order valence-electron chi connectivity index (χ2n) is 4.06. The molecule has 0 radical (unpaired) electrons. The van der Waals surface area contributed by atoms with Crippen LogP contribution in [0, 0.1) is 6.92 Å². The first kappa shape index (κ1) is 12.6. The van der Waals surface area contributed by atoms with Gasteiger partial charge in [-0.1, -0.05) is 36.2 Å². The molecule has 0 bridgehead atoms. The summed E-state index contributed by atoms with van der Waals surface area (Å²) in [6.07, 6.45) is 4.85. The lowest BCUT2D eigenvalue weighted by atomic mass is 10.0. The zero-order chi connectivity index (χ0) is 11.8. The molecule has 2 heteroatoms. The molecule has 0 fully saturated rings. The number of rotatable bonds is 7. The quantitative estimate of drug-likeness (QED) is 0.399. The number of carbonyl (C=O) groups is 2. The minimum atomic E-state index is 0.200. The minimum Gasteiger partial charge on any atom is -0.303 e. The number of Topliss-reactive ketones (excluding diaryl/α,β-unsaturated/α-hetero) is 1. The third-order valence-electron chi connectivity index (χ3n) is 2.60. The van der Waals surface area contributed by atoms with E-state index in [1.807, 2.05) is 31.2 Å². The van der Waals surface area contributed by atoms with Crippen LogP contribution < -0.4 is 0 Å². The molecule has 0 saturated heterocycles. The summed E-state index contributed by atoms with van der Waals surface area (Å²) in [5.41, 5.74) is 1.96. The van der Waals surface area contributed by atoms with E-state index in [1.165, 1.54) is 5.56 Å². The summed E-state index contributed by atoms with van der Waals surface area (Å²) in [5.74, 6) is 0.200. The molecule has 2 nitrogen and oxygen atoms in total. The molecule has 0 N–H and O–H groups in total. The molecule has 0 spiro atoms. The molecular formula is C14H18O2. The van der Waals surface area contributed by atoms with Gasteiger partial charge in [-0.2, -0.15) is 0 Å². The maximum Gasteiger partial charge on any atom is 0.162 e. The number of ketones is 1. The molecule has 16 heavy (non-hydrogen) atoms. The maximum absolute atomic E-state index is 11.7. The van der Waals surface area contributed by atoms with E-state index in [0.717, 1.165) is 31.1 Å². The fourth-order valence-electron chi connectivity index (χ4n) is 1.57. The van der Waals surface area contributed by atoms with Gasteiger partial charge in [0.05, 0.1) is 0 Å². The summed E-state index contributed by atoms with van der Waals surface area (Å²) in [6, 6.07) is 7.67. The topological polar surface area (TPSA) is 34.1 Å². The Labute approximate surface area is 96.7 Å². The van der Waals surface area contributed by atoms with Crippen molar-refractivity contribution < 1.29 is 9.59 Å². The number of unbranched alkanes of at least 4 members (excludes halogenated alkanes) is 3. The molecular weight excluding hydrogens is 200 g/mol. The number of aldehydes is 1. The molecule has 1 aromatic rings. The standard InChI is InChI=1S/C14H18O2/c1-12-7-9-13(10-8-12)14(16)6-4-2-3-5-11-15/h7-11H,2-6H2,1H3. The molecule has 0 aliphatic carbocycles. The Morgan fingerprint density at radius 1 is 1.12 bits per heavy atom. The van der Waals surface area contributed by atoms with Gasteiger partial charge in [-0.05, 0) is 19.8 Å². The van der Waals surface area contributed by atoms with Crippen LogP contribution in [0.5, 0.6) is 0 Å². The molecule has 86 valence electrons. The second-order valence-corrected chi connectivity index (χ2v) is 4.06. The Hall–Kier alpha value is -1.44. The highest BCUT2D eigenvalue weighted by Gasteiger charge is 2.04. The number of carbonyl (C=O) groups excluding carboxylic acids is 2. The summed E-state index contributed by atoms with van der Waals surface area (Å²) >= 11 is 0. The van der Waals surface area contributed by atoms with E-state index in [2.05, 4.69) is 0 Å². The lowest BCUT2D eigenvalue weighted by Crippen LogP contribution is -1.98. The van der Waals surface area contributed by atoms with Crippen molar-refractivity contribution in [1.82, 2.24) is 0 Å². The number of benzene rings is 1. The van der Waals surface area contributed by atoms with Crippen LogP contribution in [0.4, 0.5) is 0 Å². The van der Waals surface area contributed by atoms with Crippen LogP contribution in [0.1, 0.15) is 48.0 Å². The van der Waals surface area contributed by atoms with Crippen molar-refractivity contribution in [2.24, 2.45) is 0 Å². The van der Waals surface area contributed by atoms with E-state index < -0.39 is 0 Å². The van der Waals surface area contributed by atoms with Crippen molar-refractivity contribution in [3.63, 3.8) is 0 Å². The monoisotopic (exact) mass is 218 g/mol. The van der Waals surface area contributed by atoms with Crippen LogP contribution >= 0.6 is 0 Å². The van der Waals surface area contributed by atoms with Crippen LogP contribution in [0.15, 0.2) is 24.3 Å². The average molecular weight is 218 g/mol. The molecule has 0 aromatic heterocycles. The van der Waals surface area contributed by atoms with Crippen LogP contribution in [0.3, 0.4) is 0 Å². The van der Waals surface area contributed by atoms with E-state index in [4.69, 9.17) is 0 Å². The third-order valence-corrected chi connectivity index (χ3v) is 2.60. The molecule has 0 unspecified atom stereocenters. The van der Waals surface area contributed by atoms with Crippen molar-refractivity contribution in [3.05, 3.63) is 35.4 Å². The Kier molecular flexibility index (Phi) is 5.48. The number of aryl methyl sites for hydroxylation is 1. The Bertz CT molecular complexity index is 338. The lowest BCUT2D eigenvalue weighted by molar-refractivity contribution is -0.107. The van der Waals surface area contributed by atoms with E-state index in [9.17, 15) is 9.59 Å². The van der Waals surface area contributed by atoms with Crippen LogP contribution in [-0.4, -0.2) is 12.1 Å². The number of hydrogen-bond acceptors (Lipinski definition) is 2. The first-order valence-corrected chi connectivity index (χ1v) is 5.77. The molecule has 0 heterocycles. The molecule has 0 amide bonds. The highest BCUT2D eigenvalue weighted by molar-refractivity contribution is 5.96. The highest BCUT2D eigenvalue weighted by atomic mass is 16.1. The molecule has 1 aromatic carbocycles. The van der Waals surface area contributed by atoms with Gasteiger partial charge < -0.3 is 4.79 Å². The fourth-order valence-corrected chi connectivity index (χ4v) is 1.57. The smallest absolute Gasteiger partial charge is 0.162 e. The second kappa shape index (κ2) is 6.94. The van der Waals surface area contributed by atoms with Gasteiger partial charge in [0.1, 0.15) is 6.29 Å². The highest BCUT2D eigenvalue weighted by Crippen LogP contribution is 2.10. The SMILES string of the molecule is Cc1ccc(C(=O)CCCCCC=O)cc1. The van der Waals surface area contributed by atoms with Crippen molar-refractivity contribution in [3.8, 4) is 0 Å². The van der Waals surface area contributed by atoms with Gasteiger partial charge in [-0.25, -0.2) is 0 Å². The van der Waals surface area contributed by atoms with Gasteiger partial charge in [0.2, 0.25) is 0 Å². The van der Waals surface area contributed by atoms with E-state index in [0.29, 0.717) is 12.8 Å². The van der Waals surface area contributed by atoms with Gasteiger partial charge >= 0.3 is 0 Å². The largest absolute Gasteiger partial charge is 0.303 e. The summed E-state index contributed by atoms with van der Waals surface area (Å²) in [6.45, 7) is 2.01. The summed E-state index contributed by atoms with van der Waals surface area (Å²) in [4.78, 5) is 21.8. The normalized spacial score (nSPS) is 10.1. The van der Waals surface area contributed by atoms with E-state index in [1.54, 1.807) is 0 Å². The zero-order valence-electron chi connectivity index (χ0n) is 9.74. The molecule has 0 atom stereocenters. The van der Waals surface area contributed by atoms with Crippen molar-refractivity contribution in [1.29, 1.82) is 0 Å². The van der Waals surface area contributed by atoms with Gasteiger partial charge in [0.15, 0.2) is 5.78 Å². The average Bonchev–Trinajstić information content (AvgIpc) is 2.29. The maximum atomic E-state index is 11.7. The Balaban J connectivity index is 2.29. The Morgan fingerprint density at radius 3 is 2.44 bits per heavy atom. The third kappa shape index (κ3) is 4.39. The zero-order valence-corrected chi connectivity index (χ0v) is 9.74. The van der Waals surface area contributed by atoms with E-state index in [-0.39, 0.29) is 5.78 Å². The predicted molar refractivity (Wildman–Crippen MR) is 64.7 cm³/mol. The Morgan fingerprint density at radius 2 is 1.81 bits per heavy atom. The summed E-state index contributed by atoms with van der Waals surface area (Å²) in [5, 5.41) is 0. The minimum absolute atomic E-state index is 0.200. The predicted octanol–water partition coefficient (Wildman–Crippen LogP) is 3.33. The molecule has 0 aliphatic heterocycles. The fraction of sp³-hybridized carbons (Fsp3) is 0.429. The first-order chi connectivity index (χ1) is 7.74. The molecule has 1 rings (SSSR count). The van der Waals surface area contributed by atoms with Crippen LogP contribution in [0.2, 0.25) is 0 Å². The van der Waals surface area contributed by atoms with Gasteiger partial charge in [-0.15, -0.1) is 0 Å². The van der Waals surface area contributed by atoms with Crippen molar-refractivity contribution in [2.75, 3.05) is 0 Å². The van der Waals surface area contributed by atoms with Crippen molar-refractivity contribution >= 4 is 12.1 Å². The molecule has 0 aliphatic rings. The lowest BCUT2D eigenvalue weighted by Gasteiger charge is -2.01. The van der Waals surface area contributed by atoms with Crippen LogP contribution in [0.25, 0.3) is 0 Å². The summed E-state index contributed by atoms with van der Waals surface area (Å²) < 4.78 is 0. The van der Waals surface area contributed by atoms with Gasteiger partial charge in [0, 0.05) is 18.4 Å². The number of hydrogen-bond donors (Lipinski definition) is 0. The van der Waals surface area contributed by atoms with Gasteiger partial charge in [0.25, 0.3) is 0 Å². The first-order valence-electron chi connectivity index (χ1n) is 5.77.